The first-order chi connectivity index (χ1) is 10.4. The predicted molar refractivity (Wildman–Crippen MR) is 87.4 cm³/mol. The number of hydrogen-bond donors (Lipinski definition) is 2. The summed E-state index contributed by atoms with van der Waals surface area (Å²) in [4.78, 5) is 0.230. The molecule has 2 rings (SSSR count). The van der Waals surface area contributed by atoms with Crippen molar-refractivity contribution in [1.82, 2.24) is 10.2 Å². The van der Waals surface area contributed by atoms with Crippen LogP contribution in [0.5, 0.6) is 0 Å². The minimum absolute atomic E-state index is 0.170. The van der Waals surface area contributed by atoms with Gasteiger partial charge in [-0.2, -0.15) is 0 Å². The number of sulfonamides is 1. The van der Waals surface area contributed by atoms with Crippen LogP contribution in [0.2, 0.25) is 0 Å². The molecule has 0 unspecified atom stereocenters. The smallest absolute Gasteiger partial charge is 0.263 e. The van der Waals surface area contributed by atoms with Crippen molar-refractivity contribution in [2.24, 2.45) is 0 Å². The Hall–Kier alpha value is -2.41. The zero-order valence-corrected chi connectivity index (χ0v) is 13.3. The number of anilines is 2. The van der Waals surface area contributed by atoms with E-state index in [0.717, 1.165) is 5.56 Å². The Bertz CT molecular complexity index is 771. The van der Waals surface area contributed by atoms with Crippen molar-refractivity contribution in [2.45, 2.75) is 18.7 Å². The molecule has 0 atom stereocenters. The van der Waals surface area contributed by atoms with Crippen LogP contribution >= 0.6 is 0 Å². The van der Waals surface area contributed by atoms with Crippen LogP contribution in [0.3, 0.4) is 0 Å². The van der Waals surface area contributed by atoms with Crippen molar-refractivity contribution in [3.8, 4) is 0 Å². The van der Waals surface area contributed by atoms with Crippen molar-refractivity contribution in [3.05, 3.63) is 54.1 Å². The third kappa shape index (κ3) is 3.82. The number of nitrogens with one attached hydrogen (secondary N) is 2. The highest BCUT2D eigenvalue weighted by Crippen LogP contribution is 2.19. The molecule has 0 amide bonds. The van der Waals surface area contributed by atoms with E-state index in [4.69, 9.17) is 0 Å². The van der Waals surface area contributed by atoms with Crippen molar-refractivity contribution in [2.75, 3.05) is 16.6 Å². The molecule has 22 heavy (non-hydrogen) atoms. The normalized spacial score (nSPS) is 11.0. The molecule has 116 valence electrons. The fourth-order valence-corrected chi connectivity index (χ4v) is 3.18. The van der Waals surface area contributed by atoms with Crippen LogP contribution in [-0.4, -0.2) is 25.2 Å². The summed E-state index contributed by atoms with van der Waals surface area (Å²) in [5.41, 5.74) is 1.69. The summed E-state index contributed by atoms with van der Waals surface area (Å²) in [6.07, 6.45) is 1.69. The molecule has 1 heterocycles. The number of aryl methyl sites for hydroxylation is 2. The fourth-order valence-electron chi connectivity index (χ4n) is 1.95. The van der Waals surface area contributed by atoms with Gasteiger partial charge >= 0.3 is 0 Å². The maximum absolute atomic E-state index is 12.4. The maximum Gasteiger partial charge on any atom is 0.263 e. The van der Waals surface area contributed by atoms with E-state index in [0.29, 0.717) is 17.9 Å². The molecule has 0 saturated heterocycles. The van der Waals surface area contributed by atoms with Gasteiger partial charge in [-0.25, -0.2) is 8.42 Å². The minimum Gasteiger partial charge on any atom is -0.365 e. The molecule has 7 heteroatoms. The number of hydrogen-bond acceptors (Lipinski definition) is 5. The lowest BCUT2D eigenvalue weighted by Crippen LogP contribution is -2.15. The molecular weight excluding hydrogens is 300 g/mol. The van der Waals surface area contributed by atoms with Crippen LogP contribution in [0.25, 0.3) is 0 Å². The summed E-state index contributed by atoms with van der Waals surface area (Å²) in [7, 11) is -3.68. The first-order valence-corrected chi connectivity index (χ1v) is 8.19. The highest BCUT2D eigenvalue weighted by molar-refractivity contribution is 7.92. The molecule has 0 aliphatic rings. The first kappa shape index (κ1) is 16.0. The van der Waals surface area contributed by atoms with Crippen LogP contribution in [0.1, 0.15) is 11.1 Å². The van der Waals surface area contributed by atoms with E-state index in [1.54, 1.807) is 37.3 Å². The molecule has 0 radical (unpaired) electrons. The number of rotatable bonds is 6. The van der Waals surface area contributed by atoms with Crippen molar-refractivity contribution >= 4 is 21.7 Å². The van der Waals surface area contributed by atoms with Gasteiger partial charge in [0.05, 0.1) is 4.90 Å². The standard InChI is InChI=1S/C15H18N4O2S/c1-4-9-16-14-7-8-15(18-17-14)19-22(20,21)13-6-5-11(2)10-12(13)3/h4-8,10H,1,9H2,2-3H3,(H,16,17)(H,18,19). The summed E-state index contributed by atoms with van der Waals surface area (Å²) in [5.74, 6) is 0.721. The minimum atomic E-state index is -3.68. The average Bonchev–Trinajstić information content (AvgIpc) is 2.45. The Morgan fingerprint density at radius 2 is 1.82 bits per heavy atom. The molecule has 0 bridgehead atoms. The number of nitrogens with zero attached hydrogens (tertiary/aromatic N) is 2. The van der Waals surface area contributed by atoms with E-state index in [2.05, 4.69) is 26.8 Å². The Morgan fingerprint density at radius 3 is 2.41 bits per heavy atom. The Kier molecular flexibility index (Phi) is 4.77. The quantitative estimate of drug-likeness (QED) is 0.799. The predicted octanol–water partition coefficient (Wildman–Crippen LogP) is 2.49. The fraction of sp³-hybridized carbons (Fsp3) is 0.200. The summed E-state index contributed by atoms with van der Waals surface area (Å²) in [6.45, 7) is 7.82. The van der Waals surface area contributed by atoms with Crippen LogP contribution in [0, 0.1) is 13.8 Å². The van der Waals surface area contributed by atoms with Crippen LogP contribution in [-0.2, 0) is 10.0 Å². The highest BCUT2D eigenvalue weighted by Gasteiger charge is 2.17. The molecule has 0 aliphatic carbocycles. The van der Waals surface area contributed by atoms with E-state index in [1.165, 1.54) is 0 Å². The molecular formula is C15H18N4O2S. The van der Waals surface area contributed by atoms with Gasteiger partial charge in [-0.05, 0) is 37.6 Å². The summed E-state index contributed by atoms with van der Waals surface area (Å²) < 4.78 is 27.2. The lowest BCUT2D eigenvalue weighted by molar-refractivity contribution is 0.600. The summed E-state index contributed by atoms with van der Waals surface area (Å²) in [6, 6.07) is 8.37. The van der Waals surface area contributed by atoms with E-state index < -0.39 is 10.0 Å². The Morgan fingerprint density at radius 1 is 1.14 bits per heavy atom. The molecule has 0 fully saturated rings. The van der Waals surface area contributed by atoms with Crippen LogP contribution in [0.15, 0.2) is 47.9 Å². The van der Waals surface area contributed by atoms with Gasteiger partial charge in [-0.15, -0.1) is 16.8 Å². The zero-order chi connectivity index (χ0) is 16.2. The molecule has 2 N–H and O–H groups in total. The second-order valence-corrected chi connectivity index (χ2v) is 6.50. The largest absolute Gasteiger partial charge is 0.365 e. The zero-order valence-electron chi connectivity index (χ0n) is 12.5. The van der Waals surface area contributed by atoms with Gasteiger partial charge in [0.25, 0.3) is 10.0 Å². The van der Waals surface area contributed by atoms with Crippen LogP contribution in [0.4, 0.5) is 11.6 Å². The third-order valence-electron chi connectivity index (χ3n) is 2.95. The third-order valence-corrected chi connectivity index (χ3v) is 4.47. The molecule has 0 saturated carbocycles. The van der Waals surface area contributed by atoms with Gasteiger partial charge in [0.1, 0.15) is 5.82 Å². The molecule has 0 spiro atoms. The monoisotopic (exact) mass is 318 g/mol. The van der Waals surface area contributed by atoms with Gasteiger partial charge in [-0.3, -0.25) is 4.72 Å². The van der Waals surface area contributed by atoms with E-state index in [-0.39, 0.29) is 10.7 Å². The van der Waals surface area contributed by atoms with Crippen molar-refractivity contribution < 1.29 is 8.42 Å². The van der Waals surface area contributed by atoms with E-state index >= 15 is 0 Å². The lowest BCUT2D eigenvalue weighted by atomic mass is 10.2. The SMILES string of the molecule is C=CCNc1ccc(NS(=O)(=O)c2ccc(C)cc2C)nn1. The lowest BCUT2D eigenvalue weighted by Gasteiger charge is -2.10. The van der Waals surface area contributed by atoms with Crippen LogP contribution < -0.4 is 10.0 Å². The first-order valence-electron chi connectivity index (χ1n) is 6.71. The maximum atomic E-state index is 12.4. The second-order valence-electron chi connectivity index (χ2n) is 4.85. The van der Waals surface area contributed by atoms with Gasteiger partial charge in [0.2, 0.25) is 0 Å². The summed E-state index contributed by atoms with van der Waals surface area (Å²) >= 11 is 0. The van der Waals surface area contributed by atoms with Gasteiger partial charge in [-0.1, -0.05) is 23.8 Å². The van der Waals surface area contributed by atoms with Crippen molar-refractivity contribution in [3.63, 3.8) is 0 Å². The van der Waals surface area contributed by atoms with Gasteiger partial charge in [0.15, 0.2) is 5.82 Å². The van der Waals surface area contributed by atoms with Gasteiger partial charge < -0.3 is 5.32 Å². The topological polar surface area (TPSA) is 84.0 Å². The number of benzene rings is 1. The van der Waals surface area contributed by atoms with Crippen molar-refractivity contribution in [1.29, 1.82) is 0 Å². The van der Waals surface area contributed by atoms with Gasteiger partial charge in [0, 0.05) is 6.54 Å². The average molecular weight is 318 g/mol. The molecule has 0 aliphatic heterocycles. The van der Waals surface area contributed by atoms with E-state index in [9.17, 15) is 8.42 Å². The Balaban J connectivity index is 2.19. The Labute approximate surface area is 130 Å². The molecule has 1 aromatic heterocycles. The second kappa shape index (κ2) is 6.57. The number of aromatic nitrogens is 2. The highest BCUT2D eigenvalue weighted by atomic mass is 32.2. The molecule has 1 aromatic carbocycles. The summed E-state index contributed by atoms with van der Waals surface area (Å²) in [5, 5.41) is 10.7. The van der Waals surface area contributed by atoms with E-state index in [1.807, 2.05) is 13.0 Å². The molecule has 2 aromatic rings. The molecule has 6 nitrogen and oxygen atoms in total.